The van der Waals surface area contributed by atoms with Crippen LogP contribution >= 0.6 is 0 Å². The zero-order valence-electron chi connectivity index (χ0n) is 7.59. The summed E-state index contributed by atoms with van der Waals surface area (Å²) >= 11 is 0. The molecule has 0 aliphatic heterocycles. The summed E-state index contributed by atoms with van der Waals surface area (Å²) in [4.78, 5) is 0. The number of benzene rings is 1. The fraction of sp³-hybridized carbons (Fsp3) is 0.455. The van der Waals surface area contributed by atoms with Gasteiger partial charge >= 0.3 is 0 Å². The summed E-state index contributed by atoms with van der Waals surface area (Å²) in [5.41, 5.74) is 7.66. The van der Waals surface area contributed by atoms with Gasteiger partial charge in [0, 0.05) is 12.0 Å². The summed E-state index contributed by atoms with van der Waals surface area (Å²) in [5, 5.41) is 0. The van der Waals surface area contributed by atoms with Gasteiger partial charge in [0.2, 0.25) is 0 Å². The van der Waals surface area contributed by atoms with E-state index in [1.54, 1.807) is 0 Å². The molecule has 13 heavy (non-hydrogen) atoms. The first-order valence-corrected chi connectivity index (χ1v) is 4.67. The van der Waals surface area contributed by atoms with Crippen molar-refractivity contribution < 1.29 is 4.39 Å². The Morgan fingerprint density at radius 3 is 2.54 bits per heavy atom. The van der Waals surface area contributed by atoms with E-state index in [9.17, 15) is 4.39 Å². The first kappa shape index (κ1) is 8.70. The van der Waals surface area contributed by atoms with Gasteiger partial charge in [-0.3, -0.25) is 4.39 Å². The number of rotatable bonds is 3. The Morgan fingerprint density at radius 2 is 2.00 bits per heavy atom. The quantitative estimate of drug-likeness (QED) is 0.756. The second-order valence-corrected chi connectivity index (χ2v) is 3.78. The van der Waals surface area contributed by atoms with Crippen LogP contribution in [0.4, 0.5) is 4.39 Å². The monoisotopic (exact) mass is 179 g/mol. The molecule has 2 N–H and O–H groups in total. The molecule has 0 amide bonds. The molecule has 70 valence electrons. The highest BCUT2D eigenvalue weighted by atomic mass is 19.1. The third-order valence-electron chi connectivity index (χ3n) is 2.92. The lowest BCUT2D eigenvalue weighted by Gasteiger charge is -2.14. The number of alkyl halides is 1. The normalized spacial score (nSPS) is 18.6. The lowest BCUT2D eigenvalue weighted by Crippen LogP contribution is -2.13. The van der Waals surface area contributed by atoms with E-state index in [0.717, 1.165) is 24.0 Å². The lowest BCUT2D eigenvalue weighted by atomic mass is 9.92. The first-order chi connectivity index (χ1) is 6.32. The SMILES string of the molecule is NCc1ccccc1C1(CF)CC1. The van der Waals surface area contributed by atoms with Crippen LogP contribution in [0.1, 0.15) is 24.0 Å². The molecule has 1 saturated carbocycles. The molecule has 0 aromatic heterocycles. The highest BCUT2D eigenvalue weighted by molar-refractivity contribution is 5.38. The molecule has 2 heteroatoms. The maximum Gasteiger partial charge on any atom is 0.0991 e. The highest BCUT2D eigenvalue weighted by Crippen LogP contribution is 2.49. The number of nitrogens with two attached hydrogens (primary N) is 1. The molecule has 1 aliphatic rings. The average molecular weight is 179 g/mol. The minimum absolute atomic E-state index is 0.171. The minimum atomic E-state index is -0.246. The van der Waals surface area contributed by atoms with Crippen LogP contribution in [-0.4, -0.2) is 6.67 Å². The van der Waals surface area contributed by atoms with Gasteiger partial charge in [0.25, 0.3) is 0 Å². The maximum absolute atomic E-state index is 12.8. The molecule has 1 fully saturated rings. The van der Waals surface area contributed by atoms with Gasteiger partial charge in [-0.2, -0.15) is 0 Å². The fourth-order valence-electron chi connectivity index (χ4n) is 1.84. The van der Waals surface area contributed by atoms with Crippen LogP contribution in [0, 0.1) is 0 Å². The molecule has 1 aliphatic carbocycles. The van der Waals surface area contributed by atoms with Crippen molar-refractivity contribution in [1.82, 2.24) is 0 Å². The molecule has 0 bridgehead atoms. The maximum atomic E-state index is 12.8. The Kier molecular flexibility index (Phi) is 2.08. The second-order valence-electron chi connectivity index (χ2n) is 3.78. The Morgan fingerprint density at radius 1 is 1.31 bits per heavy atom. The van der Waals surface area contributed by atoms with E-state index in [1.807, 2.05) is 24.3 Å². The van der Waals surface area contributed by atoms with Crippen molar-refractivity contribution in [3.63, 3.8) is 0 Å². The van der Waals surface area contributed by atoms with Gasteiger partial charge < -0.3 is 5.73 Å². The first-order valence-electron chi connectivity index (χ1n) is 4.67. The summed E-state index contributed by atoms with van der Waals surface area (Å²) < 4.78 is 12.8. The predicted octanol–water partition coefficient (Wildman–Crippen LogP) is 2.15. The molecule has 1 nitrogen and oxygen atoms in total. The molecule has 1 aromatic carbocycles. The second kappa shape index (κ2) is 3.11. The van der Waals surface area contributed by atoms with E-state index in [4.69, 9.17) is 5.73 Å². The van der Waals surface area contributed by atoms with E-state index in [1.165, 1.54) is 0 Å². The van der Waals surface area contributed by atoms with Gasteiger partial charge in [0.05, 0.1) is 6.67 Å². The van der Waals surface area contributed by atoms with Crippen molar-refractivity contribution in [3.05, 3.63) is 35.4 Å². The molecule has 0 spiro atoms. The van der Waals surface area contributed by atoms with Crippen molar-refractivity contribution in [3.8, 4) is 0 Å². The summed E-state index contributed by atoms with van der Waals surface area (Å²) in [5.74, 6) is 0. The van der Waals surface area contributed by atoms with E-state index in [-0.39, 0.29) is 12.1 Å². The summed E-state index contributed by atoms with van der Waals surface area (Å²) in [6.45, 7) is 0.266. The molecule has 0 saturated heterocycles. The van der Waals surface area contributed by atoms with Crippen molar-refractivity contribution in [2.24, 2.45) is 5.73 Å². The summed E-state index contributed by atoms with van der Waals surface area (Å²) in [7, 11) is 0. The predicted molar refractivity (Wildman–Crippen MR) is 51.2 cm³/mol. The lowest BCUT2D eigenvalue weighted by molar-refractivity contribution is 0.416. The van der Waals surface area contributed by atoms with Gasteiger partial charge in [-0.05, 0) is 24.0 Å². The molecule has 0 radical (unpaired) electrons. The fourth-order valence-corrected chi connectivity index (χ4v) is 1.84. The van der Waals surface area contributed by atoms with Crippen LogP contribution < -0.4 is 5.73 Å². The van der Waals surface area contributed by atoms with Gasteiger partial charge in [-0.1, -0.05) is 24.3 Å². The smallest absolute Gasteiger partial charge is 0.0991 e. The van der Waals surface area contributed by atoms with Crippen LogP contribution in [0.2, 0.25) is 0 Å². The van der Waals surface area contributed by atoms with Crippen molar-refractivity contribution >= 4 is 0 Å². The molecule has 1 aromatic rings. The van der Waals surface area contributed by atoms with Crippen LogP contribution in [-0.2, 0) is 12.0 Å². The van der Waals surface area contributed by atoms with Crippen LogP contribution in [0.25, 0.3) is 0 Å². The Bertz CT molecular complexity index is 305. The molecule has 0 heterocycles. The van der Waals surface area contributed by atoms with Gasteiger partial charge in [0.15, 0.2) is 0 Å². The van der Waals surface area contributed by atoms with Crippen molar-refractivity contribution in [2.75, 3.05) is 6.67 Å². The molecular weight excluding hydrogens is 165 g/mol. The minimum Gasteiger partial charge on any atom is -0.326 e. The third kappa shape index (κ3) is 1.35. The van der Waals surface area contributed by atoms with Crippen LogP contribution in [0.5, 0.6) is 0 Å². The van der Waals surface area contributed by atoms with E-state index < -0.39 is 0 Å². The number of hydrogen-bond donors (Lipinski definition) is 1. The number of halogens is 1. The zero-order chi connectivity index (χ0) is 9.31. The van der Waals surface area contributed by atoms with Crippen LogP contribution in [0.3, 0.4) is 0 Å². The molecule has 0 unspecified atom stereocenters. The largest absolute Gasteiger partial charge is 0.326 e. The van der Waals surface area contributed by atoms with Crippen molar-refractivity contribution in [1.29, 1.82) is 0 Å². The molecular formula is C11H14FN. The zero-order valence-corrected chi connectivity index (χ0v) is 7.59. The topological polar surface area (TPSA) is 26.0 Å². The summed E-state index contributed by atoms with van der Waals surface area (Å²) in [6.07, 6.45) is 1.95. The van der Waals surface area contributed by atoms with Gasteiger partial charge in [0.1, 0.15) is 0 Å². The van der Waals surface area contributed by atoms with Gasteiger partial charge in [-0.25, -0.2) is 0 Å². The third-order valence-corrected chi connectivity index (χ3v) is 2.92. The van der Waals surface area contributed by atoms with E-state index in [0.29, 0.717) is 6.54 Å². The van der Waals surface area contributed by atoms with Crippen LogP contribution in [0.15, 0.2) is 24.3 Å². The standard InChI is InChI=1S/C11H14FN/c12-8-11(5-6-11)10-4-2-1-3-9(10)7-13/h1-4H,5-8,13H2. The molecule has 2 rings (SSSR count). The highest BCUT2D eigenvalue weighted by Gasteiger charge is 2.45. The summed E-state index contributed by atoms with van der Waals surface area (Å²) in [6, 6.07) is 7.92. The van der Waals surface area contributed by atoms with Crippen molar-refractivity contribution in [2.45, 2.75) is 24.8 Å². The van der Waals surface area contributed by atoms with Gasteiger partial charge in [-0.15, -0.1) is 0 Å². The molecule has 0 atom stereocenters. The number of hydrogen-bond acceptors (Lipinski definition) is 1. The van der Waals surface area contributed by atoms with E-state index in [2.05, 4.69) is 0 Å². The van der Waals surface area contributed by atoms with E-state index >= 15 is 0 Å². The Hall–Kier alpha value is -0.890. The Balaban J connectivity index is 2.39. The Labute approximate surface area is 77.8 Å². The average Bonchev–Trinajstić information content (AvgIpc) is 2.98.